The first-order valence-corrected chi connectivity index (χ1v) is 20.9. The summed E-state index contributed by atoms with van der Waals surface area (Å²) in [7, 11) is 0. The standard InChI is InChI=1S/C15H23O4.3C4H9.Sn/c1-2-17-14(16)10-6-4-3-5-8-12-18-15-11-7-9-13-19-15;3*1-3-4-2;/h6,8,10,15H,2-4,7,9,11-13H2,1H3;3*1,3-4H2,2H3;/b8-5?,10-6+;;;;. The van der Waals surface area contributed by atoms with Crippen LogP contribution in [0.1, 0.15) is 98.3 Å². The van der Waals surface area contributed by atoms with Crippen molar-refractivity contribution in [2.45, 2.75) is 118 Å². The van der Waals surface area contributed by atoms with Crippen LogP contribution in [-0.2, 0) is 19.0 Å². The van der Waals surface area contributed by atoms with Gasteiger partial charge in [0.2, 0.25) is 0 Å². The molecule has 0 spiro atoms. The van der Waals surface area contributed by atoms with E-state index >= 15 is 0 Å². The Balaban J connectivity index is 3.00. The molecule has 1 aliphatic heterocycles. The van der Waals surface area contributed by atoms with Gasteiger partial charge >= 0.3 is 203 Å². The average molecular weight is 557 g/mol. The summed E-state index contributed by atoms with van der Waals surface area (Å²) in [6.45, 7) is 10.7. The third-order valence-corrected chi connectivity index (χ3v) is 23.0. The van der Waals surface area contributed by atoms with E-state index in [1.165, 1.54) is 58.3 Å². The molecule has 186 valence electrons. The SMILES string of the molecule is CCC[CH2][Sn]([CH2]CCC)([CH2]CCC)[C](=CCOC1CCCCO1)CC/C=C/C(=O)OCC. The number of hydrogen-bond acceptors (Lipinski definition) is 4. The van der Waals surface area contributed by atoms with Crippen LogP contribution in [0.2, 0.25) is 13.3 Å². The zero-order chi connectivity index (χ0) is 23.5. The Morgan fingerprint density at radius 3 is 2.19 bits per heavy atom. The molecule has 0 bridgehead atoms. The van der Waals surface area contributed by atoms with Crippen molar-refractivity contribution in [3.63, 3.8) is 0 Å². The molecular weight excluding hydrogens is 507 g/mol. The molecule has 5 heteroatoms. The van der Waals surface area contributed by atoms with Crippen molar-refractivity contribution < 1.29 is 19.0 Å². The molecule has 1 fully saturated rings. The summed E-state index contributed by atoms with van der Waals surface area (Å²) in [4.78, 5) is 11.7. The van der Waals surface area contributed by atoms with E-state index in [-0.39, 0.29) is 12.3 Å². The molecule has 0 aromatic heterocycles. The van der Waals surface area contributed by atoms with Crippen LogP contribution in [0.15, 0.2) is 21.8 Å². The first-order chi connectivity index (χ1) is 15.6. The first-order valence-electron chi connectivity index (χ1n) is 13.4. The van der Waals surface area contributed by atoms with Crippen LogP contribution in [0, 0.1) is 0 Å². The fourth-order valence-corrected chi connectivity index (χ4v) is 21.8. The number of unbranched alkanes of at least 4 members (excludes halogenated alkanes) is 3. The minimum atomic E-state index is -2.51. The van der Waals surface area contributed by atoms with Crippen LogP contribution in [0.5, 0.6) is 0 Å². The molecule has 1 saturated heterocycles. The van der Waals surface area contributed by atoms with Crippen LogP contribution in [-0.4, -0.2) is 50.5 Å². The summed E-state index contributed by atoms with van der Waals surface area (Å²) in [5.41, 5.74) is 0. The van der Waals surface area contributed by atoms with E-state index in [9.17, 15) is 4.79 Å². The molecule has 0 N–H and O–H groups in total. The van der Waals surface area contributed by atoms with Crippen molar-refractivity contribution in [1.29, 1.82) is 0 Å². The van der Waals surface area contributed by atoms with Gasteiger partial charge in [0.15, 0.2) is 0 Å². The van der Waals surface area contributed by atoms with Crippen LogP contribution < -0.4 is 0 Å². The van der Waals surface area contributed by atoms with Gasteiger partial charge in [0.05, 0.1) is 0 Å². The van der Waals surface area contributed by atoms with Crippen molar-refractivity contribution in [1.82, 2.24) is 0 Å². The number of ether oxygens (including phenoxy) is 3. The Hall–Kier alpha value is -0.331. The molecule has 1 heterocycles. The van der Waals surface area contributed by atoms with E-state index in [2.05, 4.69) is 26.8 Å². The van der Waals surface area contributed by atoms with Crippen LogP contribution in [0.25, 0.3) is 0 Å². The Labute approximate surface area is 202 Å². The Kier molecular flexibility index (Phi) is 17.7. The van der Waals surface area contributed by atoms with Gasteiger partial charge in [-0.1, -0.05) is 0 Å². The molecule has 32 heavy (non-hydrogen) atoms. The van der Waals surface area contributed by atoms with E-state index in [0.29, 0.717) is 13.2 Å². The molecule has 1 rings (SSSR count). The van der Waals surface area contributed by atoms with Gasteiger partial charge in [-0.3, -0.25) is 0 Å². The van der Waals surface area contributed by atoms with E-state index in [1.807, 2.05) is 13.0 Å². The van der Waals surface area contributed by atoms with Gasteiger partial charge in [0.25, 0.3) is 0 Å². The fraction of sp³-hybridized carbons (Fsp3) is 0.815. The number of allylic oxidation sites excluding steroid dienone is 2. The number of carbonyl (C=O) groups excluding carboxylic acids is 1. The van der Waals surface area contributed by atoms with Gasteiger partial charge in [-0.25, -0.2) is 0 Å². The molecule has 4 nitrogen and oxygen atoms in total. The minimum absolute atomic E-state index is 0.0310. The molecular formula is C27H50O4Sn. The molecule has 1 atom stereocenters. The normalized spacial score (nSPS) is 17.8. The van der Waals surface area contributed by atoms with Gasteiger partial charge < -0.3 is 0 Å². The predicted octanol–water partition coefficient (Wildman–Crippen LogP) is 7.74. The van der Waals surface area contributed by atoms with E-state index in [1.54, 1.807) is 9.67 Å². The van der Waals surface area contributed by atoms with Crippen molar-refractivity contribution in [2.24, 2.45) is 0 Å². The van der Waals surface area contributed by atoms with Gasteiger partial charge in [0.1, 0.15) is 0 Å². The second-order valence-electron chi connectivity index (χ2n) is 9.14. The number of rotatable bonds is 18. The van der Waals surface area contributed by atoms with Crippen molar-refractivity contribution >= 4 is 24.3 Å². The average Bonchev–Trinajstić information content (AvgIpc) is 2.81. The Bertz CT molecular complexity index is 516. The topological polar surface area (TPSA) is 44.8 Å². The number of esters is 1. The molecule has 1 unspecified atom stereocenters. The van der Waals surface area contributed by atoms with E-state index in [4.69, 9.17) is 14.2 Å². The third kappa shape index (κ3) is 12.2. The summed E-state index contributed by atoms with van der Waals surface area (Å²) in [5, 5.41) is 0. The van der Waals surface area contributed by atoms with Gasteiger partial charge in [-0.2, -0.15) is 0 Å². The summed E-state index contributed by atoms with van der Waals surface area (Å²) in [6, 6.07) is 0. The molecule has 0 aromatic rings. The Morgan fingerprint density at radius 1 is 1.00 bits per heavy atom. The quantitative estimate of drug-likeness (QED) is 0.0983. The molecule has 0 radical (unpaired) electrons. The van der Waals surface area contributed by atoms with Crippen LogP contribution in [0.3, 0.4) is 0 Å². The van der Waals surface area contributed by atoms with Gasteiger partial charge in [-0.15, -0.1) is 0 Å². The van der Waals surface area contributed by atoms with Gasteiger partial charge in [0, 0.05) is 0 Å². The zero-order valence-electron chi connectivity index (χ0n) is 21.5. The molecule has 0 saturated carbocycles. The molecule has 0 aromatic carbocycles. The van der Waals surface area contributed by atoms with Gasteiger partial charge in [-0.05, 0) is 0 Å². The number of carbonyl (C=O) groups is 1. The summed E-state index contributed by atoms with van der Waals surface area (Å²) in [6.07, 6.45) is 19.3. The molecule has 0 amide bonds. The third-order valence-electron chi connectivity index (χ3n) is 6.58. The summed E-state index contributed by atoms with van der Waals surface area (Å²) >= 11 is -2.51. The molecule has 1 aliphatic rings. The molecule has 0 aliphatic carbocycles. The van der Waals surface area contributed by atoms with E-state index in [0.717, 1.165) is 32.3 Å². The van der Waals surface area contributed by atoms with Crippen molar-refractivity contribution in [3.8, 4) is 0 Å². The summed E-state index contributed by atoms with van der Waals surface area (Å²) < 4.78 is 23.1. The van der Waals surface area contributed by atoms with Crippen molar-refractivity contribution in [3.05, 3.63) is 21.8 Å². The van der Waals surface area contributed by atoms with E-state index < -0.39 is 18.4 Å². The maximum absolute atomic E-state index is 11.7. The van der Waals surface area contributed by atoms with Crippen LogP contribution >= 0.6 is 0 Å². The first kappa shape index (κ1) is 29.7. The maximum atomic E-state index is 11.7. The second-order valence-corrected chi connectivity index (χ2v) is 22.6. The van der Waals surface area contributed by atoms with Crippen LogP contribution in [0.4, 0.5) is 0 Å². The van der Waals surface area contributed by atoms with Crippen molar-refractivity contribution in [2.75, 3.05) is 19.8 Å². The predicted molar refractivity (Wildman–Crippen MR) is 138 cm³/mol. The number of hydrogen-bond donors (Lipinski definition) is 0. The summed E-state index contributed by atoms with van der Waals surface area (Å²) in [5.74, 6) is -0.228. The second kappa shape index (κ2) is 19.0. The zero-order valence-corrected chi connectivity index (χ0v) is 24.3. The Morgan fingerprint density at radius 2 is 1.66 bits per heavy atom. The monoisotopic (exact) mass is 558 g/mol. The fourth-order valence-electron chi connectivity index (χ4n) is 4.69.